The van der Waals surface area contributed by atoms with Crippen LogP contribution in [0.5, 0.6) is 5.88 Å². The molecule has 0 amide bonds. The molecular weight excluding hydrogens is 348 g/mol. The maximum Gasteiger partial charge on any atom is 0.425 e. The van der Waals surface area contributed by atoms with Gasteiger partial charge >= 0.3 is 6.18 Å². The van der Waals surface area contributed by atoms with Crippen LogP contribution in [-0.2, 0) is 0 Å². The van der Waals surface area contributed by atoms with Gasteiger partial charge in [0.1, 0.15) is 11.8 Å². The summed E-state index contributed by atoms with van der Waals surface area (Å²) in [5.74, 6) is -1.82. The van der Waals surface area contributed by atoms with Crippen molar-refractivity contribution in [3.63, 3.8) is 0 Å². The van der Waals surface area contributed by atoms with Crippen LogP contribution in [0.1, 0.15) is 12.6 Å². The van der Waals surface area contributed by atoms with Gasteiger partial charge in [-0.2, -0.15) is 18.4 Å². The number of hydrogen-bond acceptors (Lipinski definition) is 6. The number of ether oxygens (including phenoxy) is 1. The average molecular weight is 358 g/mol. The SMILES string of the molecule is CSc1nc(C#N)cc(-c2cnc(OC(C)C(F)(F)F)c(F)c2)n1. The second-order valence-electron chi connectivity index (χ2n) is 4.55. The summed E-state index contributed by atoms with van der Waals surface area (Å²) in [4.78, 5) is 11.6. The first kappa shape index (κ1) is 17.9. The van der Waals surface area contributed by atoms with Crippen molar-refractivity contribution >= 4 is 11.8 Å². The van der Waals surface area contributed by atoms with Crippen LogP contribution in [0.4, 0.5) is 17.6 Å². The molecule has 24 heavy (non-hydrogen) atoms. The van der Waals surface area contributed by atoms with Crippen LogP contribution in [0.15, 0.2) is 23.5 Å². The second kappa shape index (κ2) is 7.00. The van der Waals surface area contributed by atoms with Crippen molar-refractivity contribution in [2.75, 3.05) is 6.26 Å². The van der Waals surface area contributed by atoms with E-state index in [4.69, 9.17) is 5.26 Å². The number of alkyl halides is 3. The Labute approximate surface area is 138 Å². The Kier molecular flexibility index (Phi) is 5.23. The molecule has 0 fully saturated rings. The van der Waals surface area contributed by atoms with Crippen LogP contribution in [0, 0.1) is 17.1 Å². The second-order valence-corrected chi connectivity index (χ2v) is 5.32. The van der Waals surface area contributed by atoms with Crippen LogP contribution < -0.4 is 4.74 Å². The lowest BCUT2D eigenvalue weighted by atomic mass is 10.2. The van der Waals surface area contributed by atoms with Crippen LogP contribution in [0.25, 0.3) is 11.3 Å². The Balaban J connectivity index is 2.35. The molecule has 0 spiro atoms. The third-order valence-electron chi connectivity index (χ3n) is 2.86. The maximum atomic E-state index is 14.0. The average Bonchev–Trinajstić information content (AvgIpc) is 2.55. The first-order chi connectivity index (χ1) is 11.2. The topological polar surface area (TPSA) is 71.7 Å². The van der Waals surface area contributed by atoms with Gasteiger partial charge in [-0.15, -0.1) is 0 Å². The summed E-state index contributed by atoms with van der Waals surface area (Å²) in [6.07, 6.45) is -4.00. The van der Waals surface area contributed by atoms with E-state index in [0.717, 1.165) is 19.2 Å². The van der Waals surface area contributed by atoms with Gasteiger partial charge in [-0.25, -0.2) is 19.3 Å². The fourth-order valence-corrected chi connectivity index (χ4v) is 1.99. The first-order valence-corrected chi connectivity index (χ1v) is 7.69. The van der Waals surface area contributed by atoms with Gasteiger partial charge in [0.05, 0.1) is 5.69 Å². The van der Waals surface area contributed by atoms with E-state index >= 15 is 0 Å². The van der Waals surface area contributed by atoms with E-state index in [0.29, 0.717) is 5.16 Å². The molecule has 10 heteroatoms. The van der Waals surface area contributed by atoms with E-state index in [9.17, 15) is 17.6 Å². The monoisotopic (exact) mass is 358 g/mol. The van der Waals surface area contributed by atoms with Gasteiger partial charge in [-0.1, -0.05) is 11.8 Å². The molecule has 0 saturated heterocycles. The highest BCUT2D eigenvalue weighted by Gasteiger charge is 2.38. The number of thioether (sulfide) groups is 1. The van der Waals surface area contributed by atoms with Crippen LogP contribution in [-0.4, -0.2) is 33.5 Å². The normalized spacial score (nSPS) is 12.5. The van der Waals surface area contributed by atoms with Gasteiger partial charge in [-0.3, -0.25) is 0 Å². The molecule has 0 N–H and O–H groups in total. The smallest absolute Gasteiger partial charge is 0.425 e. The molecule has 0 bridgehead atoms. The Hall–Kier alpha value is -2.41. The van der Waals surface area contributed by atoms with Crippen molar-refractivity contribution in [1.82, 2.24) is 15.0 Å². The molecule has 0 aliphatic carbocycles. The molecule has 0 aromatic carbocycles. The fourth-order valence-electron chi connectivity index (χ4n) is 1.61. The summed E-state index contributed by atoms with van der Waals surface area (Å²) < 4.78 is 55.8. The molecule has 5 nitrogen and oxygen atoms in total. The minimum absolute atomic E-state index is 0.0794. The van der Waals surface area contributed by atoms with Gasteiger partial charge in [0.25, 0.3) is 5.88 Å². The third-order valence-corrected chi connectivity index (χ3v) is 3.40. The molecule has 2 aromatic rings. The van der Waals surface area contributed by atoms with Crippen molar-refractivity contribution in [3.8, 4) is 23.2 Å². The number of hydrogen-bond donors (Lipinski definition) is 0. The predicted molar refractivity (Wildman–Crippen MR) is 77.9 cm³/mol. The molecule has 2 heterocycles. The van der Waals surface area contributed by atoms with Gasteiger partial charge in [-0.05, 0) is 19.2 Å². The van der Waals surface area contributed by atoms with Crippen LogP contribution in [0.3, 0.4) is 0 Å². The van der Waals surface area contributed by atoms with E-state index < -0.39 is 24.0 Å². The predicted octanol–water partition coefficient (Wildman–Crippen LogP) is 3.60. The fraction of sp³-hybridized carbons (Fsp3) is 0.286. The highest BCUT2D eigenvalue weighted by atomic mass is 32.2. The first-order valence-electron chi connectivity index (χ1n) is 6.47. The molecule has 0 aliphatic rings. The van der Waals surface area contributed by atoms with Crippen molar-refractivity contribution in [2.24, 2.45) is 0 Å². The van der Waals surface area contributed by atoms with Crippen molar-refractivity contribution in [1.29, 1.82) is 5.26 Å². The minimum atomic E-state index is -4.63. The molecule has 0 aliphatic heterocycles. The lowest BCUT2D eigenvalue weighted by Crippen LogP contribution is -2.31. The van der Waals surface area contributed by atoms with Gasteiger partial charge in [0.15, 0.2) is 17.1 Å². The number of aromatic nitrogens is 3. The molecular formula is C14H10F4N4OS. The summed E-state index contributed by atoms with van der Waals surface area (Å²) in [7, 11) is 0. The molecule has 126 valence electrons. The van der Waals surface area contributed by atoms with Crippen molar-refractivity contribution in [2.45, 2.75) is 24.4 Å². The van der Waals surface area contributed by atoms with E-state index in [1.807, 2.05) is 6.07 Å². The molecule has 0 saturated carbocycles. The Bertz CT molecular complexity index is 791. The number of nitriles is 1. The molecule has 0 radical (unpaired) electrons. The van der Waals surface area contributed by atoms with E-state index in [-0.39, 0.29) is 17.0 Å². The van der Waals surface area contributed by atoms with E-state index in [2.05, 4.69) is 19.7 Å². The summed E-state index contributed by atoms with van der Waals surface area (Å²) in [5.41, 5.74) is 0.497. The minimum Gasteiger partial charge on any atom is -0.463 e. The summed E-state index contributed by atoms with van der Waals surface area (Å²) >= 11 is 1.19. The number of pyridine rings is 1. The standard InChI is InChI=1S/C14H10F4N4OS/c1-7(14(16,17)18)23-12-10(15)3-8(6-20-12)11-4-9(5-19)21-13(22-11)24-2/h3-4,6-7H,1-2H3. The van der Waals surface area contributed by atoms with Crippen LogP contribution >= 0.6 is 11.8 Å². The summed E-state index contributed by atoms with van der Waals surface area (Å²) in [5, 5.41) is 9.24. The highest BCUT2D eigenvalue weighted by Crippen LogP contribution is 2.28. The Morgan fingerprint density at radius 1 is 1.29 bits per heavy atom. The van der Waals surface area contributed by atoms with Crippen molar-refractivity contribution < 1.29 is 22.3 Å². The van der Waals surface area contributed by atoms with Crippen LogP contribution in [0.2, 0.25) is 0 Å². The molecule has 1 unspecified atom stereocenters. The lowest BCUT2D eigenvalue weighted by molar-refractivity contribution is -0.190. The Morgan fingerprint density at radius 2 is 2.00 bits per heavy atom. The van der Waals surface area contributed by atoms with E-state index in [1.54, 1.807) is 6.26 Å². The van der Waals surface area contributed by atoms with Crippen molar-refractivity contribution in [3.05, 3.63) is 29.8 Å². The zero-order chi connectivity index (χ0) is 17.9. The van der Waals surface area contributed by atoms with Gasteiger partial charge in [0, 0.05) is 17.8 Å². The van der Waals surface area contributed by atoms with E-state index in [1.165, 1.54) is 17.8 Å². The maximum absolute atomic E-state index is 14.0. The quantitative estimate of drug-likeness (QED) is 0.472. The largest absolute Gasteiger partial charge is 0.463 e. The summed E-state index contributed by atoms with van der Waals surface area (Å²) in [6, 6.07) is 4.12. The number of nitrogens with zero attached hydrogens (tertiary/aromatic N) is 4. The Morgan fingerprint density at radius 3 is 2.54 bits per heavy atom. The highest BCUT2D eigenvalue weighted by molar-refractivity contribution is 7.98. The zero-order valence-corrected chi connectivity index (χ0v) is 13.2. The molecule has 2 aromatic heterocycles. The third kappa shape index (κ3) is 4.11. The molecule has 2 rings (SSSR count). The lowest BCUT2D eigenvalue weighted by Gasteiger charge is -2.17. The number of rotatable bonds is 4. The van der Waals surface area contributed by atoms with Gasteiger partial charge in [0.2, 0.25) is 0 Å². The molecule has 1 atom stereocenters. The number of halogens is 4. The van der Waals surface area contributed by atoms with Gasteiger partial charge < -0.3 is 4.74 Å². The summed E-state index contributed by atoms with van der Waals surface area (Å²) in [6.45, 7) is 0.753. The zero-order valence-electron chi connectivity index (χ0n) is 12.4.